The Labute approximate surface area is 120 Å². The summed E-state index contributed by atoms with van der Waals surface area (Å²) in [5.74, 6) is 2.25. The SMILES string of the molecule is CC(NC(C)C1CC2CCC1C2)c1ccc(F)cc1O. The van der Waals surface area contributed by atoms with Crippen molar-refractivity contribution in [2.45, 2.75) is 51.6 Å². The molecule has 2 fully saturated rings. The minimum atomic E-state index is -0.389. The molecule has 2 saturated carbocycles. The number of hydrogen-bond donors (Lipinski definition) is 2. The second kappa shape index (κ2) is 5.36. The number of aromatic hydroxyl groups is 1. The monoisotopic (exact) mass is 277 g/mol. The van der Waals surface area contributed by atoms with Gasteiger partial charge in [-0.3, -0.25) is 0 Å². The van der Waals surface area contributed by atoms with E-state index in [9.17, 15) is 9.50 Å². The van der Waals surface area contributed by atoms with Gasteiger partial charge >= 0.3 is 0 Å². The fraction of sp³-hybridized carbons (Fsp3) is 0.647. The van der Waals surface area contributed by atoms with Crippen LogP contribution in [-0.4, -0.2) is 11.1 Å². The maximum absolute atomic E-state index is 13.0. The Bertz CT molecular complexity index is 490. The lowest BCUT2D eigenvalue weighted by Gasteiger charge is -2.31. The standard InChI is InChI=1S/C17H24FNO/c1-10(15-6-5-14(18)9-17(15)20)19-11(2)16-8-12-3-4-13(16)7-12/h5-6,9-13,16,19-20H,3-4,7-8H2,1-2H3. The van der Waals surface area contributed by atoms with Crippen LogP contribution in [0.2, 0.25) is 0 Å². The molecule has 3 heteroatoms. The third-order valence-electron chi connectivity index (χ3n) is 5.41. The Kier molecular flexibility index (Phi) is 3.72. The molecule has 1 aromatic carbocycles. The van der Waals surface area contributed by atoms with Crippen LogP contribution in [0, 0.1) is 23.6 Å². The molecule has 0 aliphatic heterocycles. The second-order valence-corrected chi connectivity index (χ2v) is 6.72. The zero-order valence-electron chi connectivity index (χ0n) is 12.3. The predicted molar refractivity (Wildman–Crippen MR) is 78.0 cm³/mol. The lowest BCUT2D eigenvalue weighted by molar-refractivity contribution is 0.247. The molecule has 2 aliphatic carbocycles. The van der Waals surface area contributed by atoms with Gasteiger partial charge in [0, 0.05) is 23.7 Å². The van der Waals surface area contributed by atoms with Gasteiger partial charge in [0.2, 0.25) is 0 Å². The van der Waals surface area contributed by atoms with Crippen molar-refractivity contribution in [1.82, 2.24) is 5.32 Å². The quantitative estimate of drug-likeness (QED) is 0.871. The van der Waals surface area contributed by atoms with Crippen LogP contribution < -0.4 is 5.32 Å². The van der Waals surface area contributed by atoms with Crippen molar-refractivity contribution in [2.24, 2.45) is 17.8 Å². The summed E-state index contributed by atoms with van der Waals surface area (Å²) >= 11 is 0. The summed E-state index contributed by atoms with van der Waals surface area (Å²) in [4.78, 5) is 0. The summed E-state index contributed by atoms with van der Waals surface area (Å²) in [6.07, 6.45) is 5.56. The van der Waals surface area contributed by atoms with Crippen molar-refractivity contribution in [1.29, 1.82) is 0 Å². The van der Waals surface area contributed by atoms with Gasteiger partial charge in [0.15, 0.2) is 0 Å². The highest BCUT2D eigenvalue weighted by Gasteiger charge is 2.41. The number of halogens is 1. The molecule has 1 aromatic rings. The Morgan fingerprint density at radius 2 is 2.05 bits per heavy atom. The Balaban J connectivity index is 1.65. The lowest BCUT2D eigenvalue weighted by atomic mass is 9.83. The van der Waals surface area contributed by atoms with Crippen molar-refractivity contribution >= 4 is 0 Å². The lowest BCUT2D eigenvalue weighted by Crippen LogP contribution is -2.37. The maximum atomic E-state index is 13.0. The molecule has 110 valence electrons. The molecule has 5 unspecified atom stereocenters. The van der Waals surface area contributed by atoms with Crippen molar-refractivity contribution < 1.29 is 9.50 Å². The highest BCUT2D eigenvalue weighted by molar-refractivity contribution is 5.35. The van der Waals surface area contributed by atoms with Gasteiger partial charge in [-0.25, -0.2) is 4.39 Å². The number of phenolic OH excluding ortho intramolecular Hbond substituents is 1. The topological polar surface area (TPSA) is 32.3 Å². The third kappa shape index (κ3) is 2.56. The molecule has 0 radical (unpaired) electrons. The van der Waals surface area contributed by atoms with Gasteiger partial charge in [-0.15, -0.1) is 0 Å². The summed E-state index contributed by atoms with van der Waals surface area (Å²) in [5, 5.41) is 13.5. The second-order valence-electron chi connectivity index (χ2n) is 6.72. The normalized spacial score (nSPS) is 31.4. The summed E-state index contributed by atoms with van der Waals surface area (Å²) in [5.41, 5.74) is 0.779. The van der Waals surface area contributed by atoms with E-state index in [0.717, 1.165) is 23.3 Å². The van der Waals surface area contributed by atoms with Crippen molar-refractivity contribution in [3.63, 3.8) is 0 Å². The van der Waals surface area contributed by atoms with Gasteiger partial charge < -0.3 is 10.4 Å². The molecule has 2 N–H and O–H groups in total. The van der Waals surface area contributed by atoms with Crippen molar-refractivity contribution in [2.75, 3.05) is 0 Å². The van der Waals surface area contributed by atoms with E-state index >= 15 is 0 Å². The van der Waals surface area contributed by atoms with Crippen molar-refractivity contribution in [3.8, 4) is 5.75 Å². The highest BCUT2D eigenvalue weighted by Crippen LogP contribution is 2.49. The number of nitrogens with one attached hydrogen (secondary N) is 1. The first-order chi connectivity index (χ1) is 9.54. The number of rotatable bonds is 4. The Morgan fingerprint density at radius 1 is 1.25 bits per heavy atom. The highest BCUT2D eigenvalue weighted by atomic mass is 19.1. The summed E-state index contributed by atoms with van der Waals surface area (Å²) in [6, 6.07) is 4.77. The van der Waals surface area contributed by atoms with Gasteiger partial charge in [0.25, 0.3) is 0 Å². The molecule has 2 aliphatic rings. The number of hydrogen-bond acceptors (Lipinski definition) is 2. The van der Waals surface area contributed by atoms with Crippen LogP contribution in [0.3, 0.4) is 0 Å². The molecular weight excluding hydrogens is 253 g/mol. The fourth-order valence-corrected chi connectivity index (χ4v) is 4.40. The first-order valence-corrected chi connectivity index (χ1v) is 7.79. The van der Waals surface area contributed by atoms with E-state index in [0.29, 0.717) is 6.04 Å². The summed E-state index contributed by atoms with van der Waals surface area (Å²) in [6.45, 7) is 4.29. The smallest absolute Gasteiger partial charge is 0.126 e. The minimum Gasteiger partial charge on any atom is -0.508 e. The van der Waals surface area contributed by atoms with E-state index in [1.54, 1.807) is 6.07 Å². The largest absolute Gasteiger partial charge is 0.508 e. The fourth-order valence-electron chi connectivity index (χ4n) is 4.40. The van der Waals surface area contributed by atoms with Gasteiger partial charge in [-0.1, -0.05) is 12.5 Å². The van der Waals surface area contributed by atoms with E-state index in [4.69, 9.17) is 0 Å². The maximum Gasteiger partial charge on any atom is 0.126 e. The molecular formula is C17H24FNO. The van der Waals surface area contributed by atoms with Crippen LogP contribution >= 0.6 is 0 Å². The summed E-state index contributed by atoms with van der Waals surface area (Å²) in [7, 11) is 0. The zero-order valence-corrected chi connectivity index (χ0v) is 12.3. The van der Waals surface area contributed by atoms with Gasteiger partial charge in [-0.2, -0.15) is 0 Å². The van der Waals surface area contributed by atoms with Gasteiger partial charge in [-0.05, 0) is 56.9 Å². The average Bonchev–Trinajstić information content (AvgIpc) is 3.00. The first-order valence-electron chi connectivity index (χ1n) is 7.79. The third-order valence-corrected chi connectivity index (χ3v) is 5.41. The van der Waals surface area contributed by atoms with Crippen LogP contribution in [0.4, 0.5) is 4.39 Å². The Morgan fingerprint density at radius 3 is 2.65 bits per heavy atom. The zero-order chi connectivity index (χ0) is 14.3. The van der Waals surface area contributed by atoms with Crippen molar-refractivity contribution in [3.05, 3.63) is 29.6 Å². The van der Waals surface area contributed by atoms with Gasteiger partial charge in [0.05, 0.1) is 0 Å². The number of fused-ring (bicyclic) bond motifs is 2. The first kappa shape index (κ1) is 13.9. The number of benzene rings is 1. The van der Waals surface area contributed by atoms with Crippen LogP contribution in [0.15, 0.2) is 18.2 Å². The molecule has 2 nitrogen and oxygen atoms in total. The van der Waals surface area contributed by atoms with Crippen LogP contribution in [0.5, 0.6) is 5.75 Å². The predicted octanol–water partition coefficient (Wildman–Crippen LogP) is 4.01. The molecule has 5 atom stereocenters. The molecule has 20 heavy (non-hydrogen) atoms. The Hall–Kier alpha value is -1.09. The minimum absolute atomic E-state index is 0.0460. The average molecular weight is 277 g/mol. The molecule has 0 amide bonds. The van der Waals surface area contributed by atoms with E-state index in [1.165, 1.54) is 37.8 Å². The van der Waals surface area contributed by atoms with E-state index in [1.807, 2.05) is 6.92 Å². The van der Waals surface area contributed by atoms with E-state index in [-0.39, 0.29) is 17.6 Å². The van der Waals surface area contributed by atoms with Crippen LogP contribution in [-0.2, 0) is 0 Å². The molecule has 2 bridgehead atoms. The molecule has 3 rings (SSSR count). The summed E-state index contributed by atoms with van der Waals surface area (Å²) < 4.78 is 13.0. The number of phenols is 1. The van der Waals surface area contributed by atoms with Crippen LogP contribution in [0.1, 0.15) is 51.1 Å². The van der Waals surface area contributed by atoms with Gasteiger partial charge in [0.1, 0.15) is 11.6 Å². The molecule has 0 spiro atoms. The van der Waals surface area contributed by atoms with Crippen LogP contribution in [0.25, 0.3) is 0 Å². The van der Waals surface area contributed by atoms with E-state index in [2.05, 4.69) is 12.2 Å². The van der Waals surface area contributed by atoms with E-state index < -0.39 is 0 Å². The molecule has 0 heterocycles. The molecule has 0 saturated heterocycles. The molecule has 0 aromatic heterocycles.